The summed E-state index contributed by atoms with van der Waals surface area (Å²) in [6, 6.07) is 12.0. The van der Waals surface area contributed by atoms with Crippen LogP contribution >= 0.6 is 0 Å². The number of nitrogen functional groups attached to an aromatic ring is 1. The second-order valence-electron chi connectivity index (χ2n) is 4.01. The lowest BCUT2D eigenvalue weighted by molar-refractivity contribution is 0.923. The molecule has 0 atom stereocenters. The van der Waals surface area contributed by atoms with E-state index < -0.39 is 0 Å². The van der Waals surface area contributed by atoms with E-state index in [2.05, 4.69) is 35.4 Å². The van der Waals surface area contributed by atoms with Crippen molar-refractivity contribution in [2.24, 2.45) is 0 Å². The summed E-state index contributed by atoms with van der Waals surface area (Å²) in [5, 5.41) is 3.32. The fraction of sp³-hybridized carbons (Fsp3) is 0.214. The molecule has 0 spiro atoms. The average Bonchev–Trinajstić information content (AvgIpc) is 2.35. The third-order valence-electron chi connectivity index (χ3n) is 2.59. The van der Waals surface area contributed by atoms with Crippen molar-refractivity contribution in [2.75, 3.05) is 11.1 Å². The van der Waals surface area contributed by atoms with Crippen LogP contribution in [-0.2, 0) is 6.42 Å². The fourth-order valence-electron chi connectivity index (χ4n) is 1.75. The van der Waals surface area contributed by atoms with Crippen LogP contribution in [0.2, 0.25) is 0 Å². The Balaban J connectivity index is 2.20. The van der Waals surface area contributed by atoms with Gasteiger partial charge in [-0.25, -0.2) is 4.98 Å². The molecule has 3 N–H and O–H groups in total. The third kappa shape index (κ3) is 2.97. The van der Waals surface area contributed by atoms with E-state index >= 15 is 0 Å². The molecule has 1 aromatic heterocycles. The van der Waals surface area contributed by atoms with Gasteiger partial charge in [0.1, 0.15) is 5.82 Å². The number of aromatic nitrogens is 1. The molecule has 2 aromatic rings. The predicted molar refractivity (Wildman–Crippen MR) is 72.4 cm³/mol. The molecule has 3 heteroatoms. The van der Waals surface area contributed by atoms with Gasteiger partial charge in [-0.2, -0.15) is 0 Å². The SMILES string of the molecule is CCCc1ccccc1Nc1ccc(N)cn1. The minimum absolute atomic E-state index is 0.678. The Morgan fingerprint density at radius 1 is 1.18 bits per heavy atom. The van der Waals surface area contributed by atoms with E-state index in [0.29, 0.717) is 5.69 Å². The summed E-state index contributed by atoms with van der Waals surface area (Å²) in [5.41, 5.74) is 8.72. The molecule has 0 amide bonds. The number of nitrogens with zero attached hydrogens (tertiary/aromatic N) is 1. The zero-order chi connectivity index (χ0) is 12.1. The molecule has 0 unspecified atom stereocenters. The first-order valence-electron chi connectivity index (χ1n) is 5.86. The summed E-state index contributed by atoms with van der Waals surface area (Å²) >= 11 is 0. The first-order valence-corrected chi connectivity index (χ1v) is 5.86. The Morgan fingerprint density at radius 2 is 2.00 bits per heavy atom. The molecule has 0 fully saturated rings. The Kier molecular flexibility index (Phi) is 3.60. The van der Waals surface area contributed by atoms with Crippen LogP contribution in [0.3, 0.4) is 0 Å². The van der Waals surface area contributed by atoms with Crippen molar-refractivity contribution in [3.05, 3.63) is 48.2 Å². The normalized spacial score (nSPS) is 10.2. The summed E-state index contributed by atoms with van der Waals surface area (Å²) in [6.45, 7) is 2.18. The van der Waals surface area contributed by atoms with Crippen molar-refractivity contribution < 1.29 is 0 Å². The minimum Gasteiger partial charge on any atom is -0.397 e. The number of anilines is 3. The number of aryl methyl sites for hydroxylation is 1. The summed E-state index contributed by atoms with van der Waals surface area (Å²) in [7, 11) is 0. The highest BCUT2D eigenvalue weighted by Gasteiger charge is 2.01. The molecular weight excluding hydrogens is 210 g/mol. The van der Waals surface area contributed by atoms with Crippen molar-refractivity contribution in [2.45, 2.75) is 19.8 Å². The Labute approximate surface area is 102 Å². The van der Waals surface area contributed by atoms with Gasteiger partial charge >= 0.3 is 0 Å². The quantitative estimate of drug-likeness (QED) is 0.842. The van der Waals surface area contributed by atoms with Crippen LogP contribution in [0, 0.1) is 0 Å². The lowest BCUT2D eigenvalue weighted by atomic mass is 10.1. The highest BCUT2D eigenvalue weighted by Crippen LogP contribution is 2.21. The molecule has 88 valence electrons. The van der Waals surface area contributed by atoms with Gasteiger partial charge in [-0.1, -0.05) is 31.5 Å². The van der Waals surface area contributed by atoms with Gasteiger partial charge in [-0.05, 0) is 30.2 Å². The highest BCUT2D eigenvalue weighted by molar-refractivity contribution is 5.61. The smallest absolute Gasteiger partial charge is 0.130 e. The zero-order valence-electron chi connectivity index (χ0n) is 9.98. The van der Waals surface area contributed by atoms with E-state index in [4.69, 9.17) is 5.73 Å². The molecule has 1 aromatic carbocycles. The van der Waals surface area contributed by atoms with Crippen molar-refractivity contribution in [3.63, 3.8) is 0 Å². The van der Waals surface area contributed by atoms with Gasteiger partial charge in [0.2, 0.25) is 0 Å². The first-order chi connectivity index (χ1) is 8.29. The molecule has 0 aliphatic carbocycles. The standard InChI is InChI=1S/C14H17N3/c1-2-5-11-6-3-4-7-13(11)17-14-9-8-12(15)10-16-14/h3-4,6-10H,2,5,15H2,1H3,(H,16,17). The molecule has 0 radical (unpaired) electrons. The number of nitrogens with one attached hydrogen (secondary N) is 1. The van der Waals surface area contributed by atoms with Crippen LogP contribution in [0.5, 0.6) is 0 Å². The van der Waals surface area contributed by atoms with Crippen LogP contribution in [0.25, 0.3) is 0 Å². The summed E-state index contributed by atoms with van der Waals surface area (Å²) in [6.07, 6.45) is 3.86. The third-order valence-corrected chi connectivity index (χ3v) is 2.59. The Bertz CT molecular complexity index is 477. The monoisotopic (exact) mass is 227 g/mol. The van der Waals surface area contributed by atoms with Gasteiger partial charge in [0.25, 0.3) is 0 Å². The molecule has 0 aliphatic heterocycles. The number of hydrogen-bond acceptors (Lipinski definition) is 3. The van der Waals surface area contributed by atoms with E-state index in [1.54, 1.807) is 6.20 Å². The number of nitrogens with two attached hydrogens (primary N) is 1. The van der Waals surface area contributed by atoms with Crippen molar-refractivity contribution in [3.8, 4) is 0 Å². The maximum atomic E-state index is 5.61. The van der Waals surface area contributed by atoms with E-state index in [9.17, 15) is 0 Å². The van der Waals surface area contributed by atoms with Crippen molar-refractivity contribution in [1.82, 2.24) is 4.98 Å². The van der Waals surface area contributed by atoms with Gasteiger partial charge < -0.3 is 11.1 Å². The van der Waals surface area contributed by atoms with Crippen molar-refractivity contribution in [1.29, 1.82) is 0 Å². The minimum atomic E-state index is 0.678. The molecule has 0 aliphatic rings. The fourth-order valence-corrected chi connectivity index (χ4v) is 1.75. The molecule has 0 saturated carbocycles. The van der Waals surface area contributed by atoms with Gasteiger partial charge in [-0.3, -0.25) is 0 Å². The van der Waals surface area contributed by atoms with E-state index in [-0.39, 0.29) is 0 Å². The lowest BCUT2D eigenvalue weighted by Crippen LogP contribution is -1.98. The highest BCUT2D eigenvalue weighted by atomic mass is 15.0. The van der Waals surface area contributed by atoms with Gasteiger partial charge in [0.15, 0.2) is 0 Å². The average molecular weight is 227 g/mol. The van der Waals surface area contributed by atoms with E-state index in [0.717, 1.165) is 24.3 Å². The van der Waals surface area contributed by atoms with Crippen molar-refractivity contribution >= 4 is 17.2 Å². The molecule has 17 heavy (non-hydrogen) atoms. The summed E-state index contributed by atoms with van der Waals surface area (Å²) in [4.78, 5) is 4.24. The molecular formula is C14H17N3. The maximum absolute atomic E-state index is 5.61. The molecule has 0 saturated heterocycles. The molecule has 2 rings (SSSR count). The van der Waals surface area contributed by atoms with Crippen LogP contribution in [0.1, 0.15) is 18.9 Å². The molecule has 3 nitrogen and oxygen atoms in total. The maximum Gasteiger partial charge on any atom is 0.130 e. The largest absolute Gasteiger partial charge is 0.397 e. The second-order valence-corrected chi connectivity index (χ2v) is 4.01. The Hall–Kier alpha value is -2.03. The van der Waals surface area contributed by atoms with E-state index in [1.807, 2.05) is 18.2 Å². The van der Waals surface area contributed by atoms with Gasteiger partial charge in [0, 0.05) is 5.69 Å². The van der Waals surface area contributed by atoms with Gasteiger partial charge in [-0.15, -0.1) is 0 Å². The number of rotatable bonds is 4. The topological polar surface area (TPSA) is 50.9 Å². The van der Waals surface area contributed by atoms with Gasteiger partial charge in [0.05, 0.1) is 11.9 Å². The summed E-state index contributed by atoms with van der Waals surface area (Å²) in [5.74, 6) is 0.822. The zero-order valence-corrected chi connectivity index (χ0v) is 9.98. The lowest BCUT2D eigenvalue weighted by Gasteiger charge is -2.10. The van der Waals surface area contributed by atoms with Crippen LogP contribution in [-0.4, -0.2) is 4.98 Å². The first kappa shape index (κ1) is 11.5. The van der Waals surface area contributed by atoms with Crippen LogP contribution < -0.4 is 11.1 Å². The van der Waals surface area contributed by atoms with Crippen LogP contribution in [0.4, 0.5) is 17.2 Å². The Morgan fingerprint density at radius 3 is 2.71 bits per heavy atom. The van der Waals surface area contributed by atoms with E-state index in [1.165, 1.54) is 5.56 Å². The number of para-hydroxylation sites is 1. The number of hydrogen-bond donors (Lipinski definition) is 2. The number of benzene rings is 1. The molecule has 0 bridgehead atoms. The van der Waals surface area contributed by atoms with Crippen LogP contribution in [0.15, 0.2) is 42.6 Å². The predicted octanol–water partition coefficient (Wildman–Crippen LogP) is 3.36. The molecule has 1 heterocycles. The summed E-state index contributed by atoms with van der Waals surface area (Å²) < 4.78 is 0. The number of pyridine rings is 1. The second kappa shape index (κ2) is 5.34.